The van der Waals surface area contributed by atoms with Crippen molar-refractivity contribution in [1.29, 1.82) is 0 Å². The molecule has 6 nitrogen and oxygen atoms in total. The van der Waals surface area contributed by atoms with Gasteiger partial charge in [-0.05, 0) is 0 Å². The van der Waals surface area contributed by atoms with Crippen molar-refractivity contribution < 1.29 is 9.90 Å². The number of hydrogen-bond acceptors (Lipinski definition) is 4. The maximum absolute atomic E-state index is 11.8. The Labute approximate surface area is 94.4 Å². The summed E-state index contributed by atoms with van der Waals surface area (Å²) in [4.78, 5) is 11.8. The molecule has 4 N–H and O–H groups in total. The van der Waals surface area contributed by atoms with Gasteiger partial charge in [-0.15, -0.1) is 0 Å². The van der Waals surface area contributed by atoms with E-state index in [1.54, 1.807) is 7.05 Å². The maximum Gasteiger partial charge on any atom is 0.256 e. The number of rotatable bonds is 5. The van der Waals surface area contributed by atoms with Gasteiger partial charge in [-0.3, -0.25) is 9.89 Å². The molecule has 16 heavy (non-hydrogen) atoms. The highest BCUT2D eigenvalue weighted by molar-refractivity contribution is 5.98. The van der Waals surface area contributed by atoms with Crippen molar-refractivity contribution in [3.63, 3.8) is 0 Å². The van der Waals surface area contributed by atoms with Gasteiger partial charge < -0.3 is 15.7 Å². The number of amides is 1. The Bertz CT molecular complexity index is 359. The quantitative estimate of drug-likeness (QED) is 0.577. The SMILES string of the molecule is CNc1[nH]ncc1C(=O)NCC(C)(C)CO. The second-order valence-corrected chi connectivity index (χ2v) is 4.41. The number of aromatic nitrogens is 2. The molecular weight excluding hydrogens is 208 g/mol. The van der Waals surface area contributed by atoms with E-state index in [-0.39, 0.29) is 17.9 Å². The summed E-state index contributed by atoms with van der Waals surface area (Å²) >= 11 is 0. The van der Waals surface area contributed by atoms with Crippen molar-refractivity contribution in [3.05, 3.63) is 11.8 Å². The minimum atomic E-state index is -0.320. The Morgan fingerprint density at radius 3 is 2.88 bits per heavy atom. The fourth-order valence-corrected chi connectivity index (χ4v) is 1.12. The van der Waals surface area contributed by atoms with Crippen LogP contribution in [0, 0.1) is 5.41 Å². The van der Waals surface area contributed by atoms with Gasteiger partial charge >= 0.3 is 0 Å². The summed E-state index contributed by atoms with van der Waals surface area (Å²) in [5, 5.41) is 21.1. The Hall–Kier alpha value is -1.56. The average Bonchev–Trinajstić information content (AvgIpc) is 2.74. The summed E-state index contributed by atoms with van der Waals surface area (Å²) in [5.74, 6) is 0.374. The van der Waals surface area contributed by atoms with Crippen LogP contribution in [-0.4, -0.2) is 41.4 Å². The number of aliphatic hydroxyl groups is 1. The van der Waals surface area contributed by atoms with Crippen molar-refractivity contribution in [3.8, 4) is 0 Å². The molecule has 0 fully saturated rings. The van der Waals surface area contributed by atoms with Gasteiger partial charge in [-0.2, -0.15) is 5.10 Å². The monoisotopic (exact) mass is 226 g/mol. The fraction of sp³-hybridized carbons (Fsp3) is 0.600. The number of carbonyl (C=O) groups excluding carboxylic acids is 1. The molecule has 0 spiro atoms. The van der Waals surface area contributed by atoms with E-state index >= 15 is 0 Å². The summed E-state index contributed by atoms with van der Waals surface area (Å²) < 4.78 is 0. The van der Waals surface area contributed by atoms with Crippen LogP contribution in [-0.2, 0) is 0 Å². The summed E-state index contributed by atoms with van der Waals surface area (Å²) in [7, 11) is 1.71. The Morgan fingerprint density at radius 1 is 1.62 bits per heavy atom. The molecule has 0 aliphatic heterocycles. The molecule has 0 aliphatic rings. The third-order valence-electron chi connectivity index (χ3n) is 2.29. The number of aromatic amines is 1. The highest BCUT2D eigenvalue weighted by Crippen LogP contribution is 2.13. The molecule has 0 atom stereocenters. The molecular formula is C10H18N4O2. The van der Waals surface area contributed by atoms with Crippen LogP contribution in [0.4, 0.5) is 5.82 Å². The van der Waals surface area contributed by atoms with E-state index < -0.39 is 0 Å². The molecule has 6 heteroatoms. The first-order chi connectivity index (χ1) is 7.50. The predicted molar refractivity (Wildman–Crippen MR) is 61.3 cm³/mol. The smallest absolute Gasteiger partial charge is 0.256 e. The van der Waals surface area contributed by atoms with E-state index in [4.69, 9.17) is 5.11 Å². The Kier molecular flexibility index (Phi) is 3.89. The molecule has 0 radical (unpaired) electrons. The third-order valence-corrected chi connectivity index (χ3v) is 2.29. The Morgan fingerprint density at radius 2 is 2.31 bits per heavy atom. The molecule has 1 heterocycles. The average molecular weight is 226 g/mol. The predicted octanol–water partition coefficient (Wildman–Crippen LogP) is 0.200. The van der Waals surface area contributed by atoms with Gasteiger partial charge in [0.1, 0.15) is 11.4 Å². The fourth-order valence-electron chi connectivity index (χ4n) is 1.12. The van der Waals surface area contributed by atoms with E-state index in [0.29, 0.717) is 17.9 Å². The molecule has 0 saturated heterocycles. The largest absolute Gasteiger partial charge is 0.396 e. The second-order valence-electron chi connectivity index (χ2n) is 4.41. The first kappa shape index (κ1) is 12.5. The maximum atomic E-state index is 11.8. The van der Waals surface area contributed by atoms with Crippen LogP contribution in [0.3, 0.4) is 0 Å². The minimum Gasteiger partial charge on any atom is -0.396 e. The van der Waals surface area contributed by atoms with Crippen molar-refractivity contribution in [1.82, 2.24) is 15.5 Å². The summed E-state index contributed by atoms with van der Waals surface area (Å²) in [5.41, 5.74) is 0.149. The van der Waals surface area contributed by atoms with Gasteiger partial charge in [0.05, 0.1) is 6.20 Å². The van der Waals surface area contributed by atoms with Gasteiger partial charge in [0.25, 0.3) is 5.91 Å². The standard InChI is InChI=1S/C10H18N4O2/c1-10(2,6-15)5-12-9(16)7-4-13-14-8(7)11-3/h4,15H,5-6H2,1-3H3,(H,12,16)(H2,11,13,14). The van der Waals surface area contributed by atoms with Crippen molar-refractivity contribution in [2.24, 2.45) is 5.41 Å². The van der Waals surface area contributed by atoms with Gasteiger partial charge in [0, 0.05) is 25.6 Å². The van der Waals surface area contributed by atoms with Crippen molar-refractivity contribution in [2.45, 2.75) is 13.8 Å². The third kappa shape index (κ3) is 2.96. The molecule has 0 unspecified atom stereocenters. The van der Waals surface area contributed by atoms with Crippen LogP contribution < -0.4 is 10.6 Å². The number of H-pyrrole nitrogens is 1. The number of aliphatic hydroxyl groups excluding tert-OH is 1. The van der Waals surface area contributed by atoms with Crippen molar-refractivity contribution in [2.75, 3.05) is 25.5 Å². The number of anilines is 1. The number of carbonyl (C=O) groups is 1. The van der Waals surface area contributed by atoms with Gasteiger partial charge in [0.15, 0.2) is 0 Å². The van der Waals surface area contributed by atoms with E-state index in [1.165, 1.54) is 6.20 Å². The molecule has 0 aromatic carbocycles. The molecule has 1 rings (SSSR count). The molecule has 1 aromatic heterocycles. The van der Waals surface area contributed by atoms with E-state index in [1.807, 2.05) is 13.8 Å². The van der Waals surface area contributed by atoms with E-state index in [2.05, 4.69) is 20.8 Å². The van der Waals surface area contributed by atoms with E-state index in [0.717, 1.165) is 0 Å². The summed E-state index contributed by atoms with van der Waals surface area (Å²) in [6, 6.07) is 0. The summed E-state index contributed by atoms with van der Waals surface area (Å²) in [6.45, 7) is 4.19. The van der Waals surface area contributed by atoms with Crippen LogP contribution in [0.15, 0.2) is 6.20 Å². The topological polar surface area (TPSA) is 90.0 Å². The van der Waals surface area contributed by atoms with Crippen LogP contribution in [0.5, 0.6) is 0 Å². The lowest BCUT2D eigenvalue weighted by molar-refractivity contribution is 0.0912. The molecule has 0 saturated carbocycles. The first-order valence-electron chi connectivity index (χ1n) is 5.10. The number of nitrogens with one attached hydrogen (secondary N) is 3. The van der Waals surface area contributed by atoms with Crippen LogP contribution in [0.2, 0.25) is 0 Å². The summed E-state index contributed by atoms with van der Waals surface area (Å²) in [6.07, 6.45) is 1.47. The molecule has 90 valence electrons. The van der Waals surface area contributed by atoms with Crippen molar-refractivity contribution >= 4 is 11.7 Å². The molecule has 0 aliphatic carbocycles. The van der Waals surface area contributed by atoms with Crippen LogP contribution in [0.25, 0.3) is 0 Å². The number of nitrogens with zero attached hydrogens (tertiary/aromatic N) is 1. The molecule has 1 aromatic rings. The second kappa shape index (κ2) is 4.98. The molecule has 1 amide bonds. The van der Waals surface area contributed by atoms with Gasteiger partial charge in [-0.1, -0.05) is 13.8 Å². The zero-order chi connectivity index (χ0) is 12.2. The minimum absolute atomic E-state index is 0.0253. The lowest BCUT2D eigenvalue weighted by atomic mass is 9.95. The highest BCUT2D eigenvalue weighted by atomic mass is 16.3. The van der Waals surface area contributed by atoms with Crippen LogP contribution in [0.1, 0.15) is 24.2 Å². The zero-order valence-electron chi connectivity index (χ0n) is 9.79. The van der Waals surface area contributed by atoms with Gasteiger partial charge in [-0.25, -0.2) is 0 Å². The molecule has 0 bridgehead atoms. The van der Waals surface area contributed by atoms with Crippen LogP contribution >= 0.6 is 0 Å². The first-order valence-corrected chi connectivity index (χ1v) is 5.10. The normalized spacial score (nSPS) is 11.2. The van der Waals surface area contributed by atoms with Gasteiger partial charge in [0.2, 0.25) is 0 Å². The zero-order valence-corrected chi connectivity index (χ0v) is 9.79. The Balaban J connectivity index is 2.60. The van der Waals surface area contributed by atoms with E-state index in [9.17, 15) is 4.79 Å². The number of hydrogen-bond donors (Lipinski definition) is 4. The lowest BCUT2D eigenvalue weighted by Gasteiger charge is -2.21. The lowest BCUT2D eigenvalue weighted by Crippen LogP contribution is -2.36. The highest BCUT2D eigenvalue weighted by Gasteiger charge is 2.19.